The average molecular weight is 310 g/mol. The van der Waals surface area contributed by atoms with Crippen LogP contribution < -0.4 is 5.73 Å². The molecule has 0 atom stereocenters. The van der Waals surface area contributed by atoms with Crippen molar-refractivity contribution in [2.24, 2.45) is 5.73 Å². The van der Waals surface area contributed by atoms with Crippen LogP contribution in [0, 0.1) is 19.7 Å². The fourth-order valence-corrected chi connectivity index (χ4v) is 3.28. The van der Waals surface area contributed by atoms with Crippen LogP contribution >= 0.6 is 0 Å². The number of unbranched alkanes of at least 4 members (excludes halogenated alkanes) is 1. The van der Waals surface area contributed by atoms with E-state index in [1.165, 1.54) is 39.7 Å². The highest BCUT2D eigenvalue weighted by Crippen LogP contribution is 2.33. The summed E-state index contributed by atoms with van der Waals surface area (Å²) in [7, 11) is 0. The van der Waals surface area contributed by atoms with Gasteiger partial charge in [-0.05, 0) is 86.7 Å². The molecular weight excluding hydrogens is 287 g/mol. The van der Waals surface area contributed by atoms with Gasteiger partial charge in [0.15, 0.2) is 0 Å². The monoisotopic (exact) mass is 310 g/mol. The van der Waals surface area contributed by atoms with Gasteiger partial charge < -0.3 is 10.7 Å². The lowest BCUT2D eigenvalue weighted by Crippen LogP contribution is -1.99. The molecule has 2 nitrogen and oxygen atoms in total. The molecule has 0 bridgehead atoms. The SMILES string of the molecule is Cc1cc(C)c2[nH]c(-c3ccc(F)cc3)c(CCCCN)c2c1. The van der Waals surface area contributed by atoms with Crippen LogP contribution in [0.4, 0.5) is 4.39 Å². The zero-order valence-electron chi connectivity index (χ0n) is 13.7. The van der Waals surface area contributed by atoms with Crippen molar-refractivity contribution >= 4 is 10.9 Å². The summed E-state index contributed by atoms with van der Waals surface area (Å²) in [6, 6.07) is 11.1. The number of fused-ring (bicyclic) bond motifs is 1. The van der Waals surface area contributed by atoms with Gasteiger partial charge in [0.1, 0.15) is 5.82 Å². The Morgan fingerprint density at radius 2 is 1.78 bits per heavy atom. The topological polar surface area (TPSA) is 41.8 Å². The first kappa shape index (κ1) is 15.8. The molecule has 0 saturated heterocycles. The largest absolute Gasteiger partial charge is 0.354 e. The zero-order chi connectivity index (χ0) is 16.4. The second-order valence-electron chi connectivity index (χ2n) is 6.24. The third-order valence-corrected chi connectivity index (χ3v) is 4.37. The van der Waals surface area contributed by atoms with E-state index in [1.54, 1.807) is 0 Å². The van der Waals surface area contributed by atoms with E-state index in [1.807, 2.05) is 12.1 Å². The van der Waals surface area contributed by atoms with Crippen molar-refractivity contribution in [2.75, 3.05) is 6.54 Å². The van der Waals surface area contributed by atoms with Crippen molar-refractivity contribution in [3.63, 3.8) is 0 Å². The van der Waals surface area contributed by atoms with Crippen molar-refractivity contribution in [3.8, 4) is 11.3 Å². The van der Waals surface area contributed by atoms with E-state index < -0.39 is 0 Å². The Bertz CT molecular complexity index is 816. The lowest BCUT2D eigenvalue weighted by Gasteiger charge is -2.06. The number of benzene rings is 2. The van der Waals surface area contributed by atoms with Gasteiger partial charge in [-0.25, -0.2) is 4.39 Å². The number of H-pyrrole nitrogens is 1. The molecule has 0 spiro atoms. The van der Waals surface area contributed by atoms with E-state index in [9.17, 15) is 4.39 Å². The molecule has 120 valence electrons. The summed E-state index contributed by atoms with van der Waals surface area (Å²) in [5, 5.41) is 1.28. The predicted molar refractivity (Wildman–Crippen MR) is 95.2 cm³/mol. The van der Waals surface area contributed by atoms with Gasteiger partial charge >= 0.3 is 0 Å². The van der Waals surface area contributed by atoms with Gasteiger partial charge in [0.25, 0.3) is 0 Å². The number of hydrogen-bond donors (Lipinski definition) is 2. The van der Waals surface area contributed by atoms with Crippen molar-refractivity contribution in [1.82, 2.24) is 4.98 Å². The molecule has 3 rings (SSSR count). The first-order valence-electron chi connectivity index (χ1n) is 8.18. The van der Waals surface area contributed by atoms with Crippen LogP contribution in [0.15, 0.2) is 36.4 Å². The Kier molecular flexibility index (Phi) is 4.49. The van der Waals surface area contributed by atoms with Crippen LogP contribution in [0.1, 0.15) is 29.5 Å². The van der Waals surface area contributed by atoms with Crippen LogP contribution in [-0.2, 0) is 6.42 Å². The van der Waals surface area contributed by atoms with E-state index in [0.717, 1.165) is 30.5 Å². The summed E-state index contributed by atoms with van der Waals surface area (Å²) < 4.78 is 13.2. The lowest BCUT2D eigenvalue weighted by atomic mass is 9.98. The summed E-state index contributed by atoms with van der Waals surface area (Å²) in [4.78, 5) is 3.57. The molecular formula is C20H23FN2. The second-order valence-corrected chi connectivity index (χ2v) is 6.24. The van der Waals surface area contributed by atoms with Gasteiger partial charge in [-0.3, -0.25) is 0 Å². The maximum absolute atomic E-state index is 13.2. The Balaban J connectivity index is 2.16. The van der Waals surface area contributed by atoms with Crippen LogP contribution in [0.25, 0.3) is 22.2 Å². The molecule has 3 heteroatoms. The number of nitrogens with two attached hydrogens (primary N) is 1. The molecule has 0 fully saturated rings. The minimum Gasteiger partial charge on any atom is -0.354 e. The molecule has 1 heterocycles. The third kappa shape index (κ3) is 3.15. The molecule has 0 saturated carbocycles. The maximum atomic E-state index is 13.2. The molecule has 0 unspecified atom stereocenters. The molecule has 2 aromatic carbocycles. The number of aromatic nitrogens is 1. The van der Waals surface area contributed by atoms with Gasteiger partial charge in [-0.15, -0.1) is 0 Å². The second kappa shape index (κ2) is 6.55. The van der Waals surface area contributed by atoms with Crippen molar-refractivity contribution < 1.29 is 4.39 Å². The number of aryl methyl sites for hydroxylation is 3. The number of nitrogens with one attached hydrogen (secondary N) is 1. The van der Waals surface area contributed by atoms with Crippen molar-refractivity contribution in [3.05, 3.63) is 58.9 Å². The fourth-order valence-electron chi connectivity index (χ4n) is 3.28. The van der Waals surface area contributed by atoms with Gasteiger partial charge in [0.2, 0.25) is 0 Å². The summed E-state index contributed by atoms with van der Waals surface area (Å²) in [5.74, 6) is -0.207. The van der Waals surface area contributed by atoms with Gasteiger partial charge in [-0.2, -0.15) is 0 Å². The van der Waals surface area contributed by atoms with Gasteiger partial charge in [-0.1, -0.05) is 11.6 Å². The number of halogens is 1. The molecule has 1 aromatic heterocycles. The molecule has 3 N–H and O–H groups in total. The standard InChI is InChI=1S/C20H23FN2/c1-13-11-14(2)19-18(12-13)17(5-3-4-10-22)20(23-19)15-6-8-16(21)9-7-15/h6-9,11-12,23H,3-5,10,22H2,1-2H3. The normalized spacial score (nSPS) is 11.3. The fraction of sp³-hybridized carbons (Fsp3) is 0.300. The first-order valence-corrected chi connectivity index (χ1v) is 8.18. The highest BCUT2D eigenvalue weighted by atomic mass is 19.1. The van der Waals surface area contributed by atoms with Crippen LogP contribution in [-0.4, -0.2) is 11.5 Å². The summed E-state index contributed by atoms with van der Waals surface area (Å²) in [6.45, 7) is 4.97. The highest BCUT2D eigenvalue weighted by molar-refractivity contribution is 5.93. The molecule has 0 amide bonds. The predicted octanol–water partition coefficient (Wildman–Crippen LogP) is 4.87. The third-order valence-electron chi connectivity index (χ3n) is 4.37. The quantitative estimate of drug-likeness (QED) is 0.648. The zero-order valence-corrected chi connectivity index (χ0v) is 13.7. The van der Waals surface area contributed by atoms with E-state index in [0.29, 0.717) is 6.54 Å². The molecule has 3 aromatic rings. The average Bonchev–Trinajstić information content (AvgIpc) is 2.87. The number of aromatic amines is 1. The van der Waals surface area contributed by atoms with E-state index in [-0.39, 0.29) is 5.82 Å². The van der Waals surface area contributed by atoms with Crippen LogP contribution in [0.5, 0.6) is 0 Å². The molecule has 0 radical (unpaired) electrons. The van der Waals surface area contributed by atoms with Gasteiger partial charge in [0.05, 0.1) is 0 Å². The molecule has 0 aliphatic carbocycles. The van der Waals surface area contributed by atoms with E-state index in [2.05, 4.69) is 31.0 Å². The van der Waals surface area contributed by atoms with Crippen LogP contribution in [0.3, 0.4) is 0 Å². The summed E-state index contributed by atoms with van der Waals surface area (Å²) in [6.07, 6.45) is 3.05. The molecule has 0 aliphatic rings. The lowest BCUT2D eigenvalue weighted by molar-refractivity contribution is 0.628. The highest BCUT2D eigenvalue weighted by Gasteiger charge is 2.14. The van der Waals surface area contributed by atoms with E-state index in [4.69, 9.17) is 5.73 Å². The minimum atomic E-state index is -0.207. The van der Waals surface area contributed by atoms with E-state index >= 15 is 0 Å². The Morgan fingerprint density at radius 1 is 1.04 bits per heavy atom. The Morgan fingerprint density at radius 3 is 2.48 bits per heavy atom. The number of rotatable bonds is 5. The number of hydrogen-bond acceptors (Lipinski definition) is 1. The van der Waals surface area contributed by atoms with Crippen molar-refractivity contribution in [2.45, 2.75) is 33.1 Å². The summed E-state index contributed by atoms with van der Waals surface area (Å²) in [5.41, 5.74) is 12.8. The van der Waals surface area contributed by atoms with Crippen molar-refractivity contribution in [1.29, 1.82) is 0 Å². The van der Waals surface area contributed by atoms with Crippen LogP contribution in [0.2, 0.25) is 0 Å². The Hall–Kier alpha value is -2.13. The maximum Gasteiger partial charge on any atom is 0.123 e. The smallest absolute Gasteiger partial charge is 0.123 e. The minimum absolute atomic E-state index is 0.207. The molecule has 23 heavy (non-hydrogen) atoms. The van der Waals surface area contributed by atoms with Gasteiger partial charge in [0, 0.05) is 16.6 Å². The first-order chi connectivity index (χ1) is 11.1. The summed E-state index contributed by atoms with van der Waals surface area (Å²) >= 11 is 0. The Labute approximate surface area is 136 Å². The molecule has 0 aliphatic heterocycles.